The summed E-state index contributed by atoms with van der Waals surface area (Å²) in [6, 6.07) is 6.39. The van der Waals surface area contributed by atoms with Gasteiger partial charge in [0.25, 0.3) is 0 Å². The van der Waals surface area contributed by atoms with Gasteiger partial charge < -0.3 is 20.3 Å². The molecule has 0 radical (unpaired) electrons. The Kier molecular flexibility index (Phi) is 8.41. The number of aliphatic imine (C=N–C) groups is 1. The fraction of sp³-hybridized carbons (Fsp3) is 0.579. The summed E-state index contributed by atoms with van der Waals surface area (Å²) in [4.78, 5) is 17.9. The Morgan fingerprint density at radius 2 is 2.00 bits per heavy atom. The number of likely N-dealkylation sites (tertiary alicyclic amines) is 1. The quantitative estimate of drug-likeness (QED) is 0.380. The lowest BCUT2D eigenvalue weighted by molar-refractivity contribution is -0.153. The second-order valence-electron chi connectivity index (χ2n) is 6.51. The van der Waals surface area contributed by atoms with Crippen molar-refractivity contribution >= 4 is 11.9 Å². The molecule has 1 aliphatic heterocycles. The summed E-state index contributed by atoms with van der Waals surface area (Å²) in [5, 5.41) is 6.38. The smallest absolute Gasteiger partial charge is 0.422 e. The van der Waals surface area contributed by atoms with Crippen LogP contribution in [0.1, 0.15) is 31.7 Å². The number of amides is 1. The Hall–Kier alpha value is -2.45. The van der Waals surface area contributed by atoms with Crippen LogP contribution in [0.5, 0.6) is 5.75 Å². The minimum atomic E-state index is -4.35. The molecule has 1 heterocycles. The van der Waals surface area contributed by atoms with E-state index in [1.165, 1.54) is 12.1 Å². The number of alkyl halides is 3. The number of hydrogen-bond acceptors (Lipinski definition) is 3. The number of carbonyl (C=O) groups excluding carboxylic acids is 1. The third-order valence-electron chi connectivity index (χ3n) is 4.16. The highest BCUT2D eigenvalue weighted by atomic mass is 19.4. The second-order valence-corrected chi connectivity index (χ2v) is 6.51. The van der Waals surface area contributed by atoms with Crippen LogP contribution in [0.3, 0.4) is 0 Å². The average Bonchev–Trinajstić information content (AvgIpc) is 3.06. The maximum Gasteiger partial charge on any atom is 0.422 e. The number of carbonyl (C=O) groups is 1. The predicted molar refractivity (Wildman–Crippen MR) is 101 cm³/mol. The Labute approximate surface area is 163 Å². The van der Waals surface area contributed by atoms with Gasteiger partial charge in [-0.2, -0.15) is 13.2 Å². The molecule has 0 aromatic heterocycles. The van der Waals surface area contributed by atoms with Crippen molar-refractivity contribution < 1.29 is 22.7 Å². The highest BCUT2D eigenvalue weighted by Gasteiger charge is 2.28. The zero-order valence-corrected chi connectivity index (χ0v) is 16.0. The van der Waals surface area contributed by atoms with Crippen LogP contribution in [0.25, 0.3) is 0 Å². The largest absolute Gasteiger partial charge is 0.484 e. The van der Waals surface area contributed by atoms with Crippen LogP contribution in [0.15, 0.2) is 29.3 Å². The third kappa shape index (κ3) is 8.06. The monoisotopic (exact) mass is 400 g/mol. The summed E-state index contributed by atoms with van der Waals surface area (Å²) in [5.41, 5.74) is 0.860. The molecule has 0 spiro atoms. The lowest BCUT2D eigenvalue weighted by Gasteiger charge is -2.16. The topological polar surface area (TPSA) is 66.0 Å². The van der Waals surface area contributed by atoms with Gasteiger partial charge in [-0.25, -0.2) is 4.99 Å². The van der Waals surface area contributed by atoms with E-state index in [0.717, 1.165) is 31.5 Å². The third-order valence-corrected chi connectivity index (χ3v) is 4.16. The van der Waals surface area contributed by atoms with Crippen molar-refractivity contribution in [1.29, 1.82) is 0 Å². The van der Waals surface area contributed by atoms with Crippen LogP contribution < -0.4 is 15.4 Å². The zero-order valence-electron chi connectivity index (χ0n) is 16.0. The molecular weight excluding hydrogens is 373 g/mol. The maximum atomic E-state index is 12.2. The fourth-order valence-corrected chi connectivity index (χ4v) is 2.79. The van der Waals surface area contributed by atoms with E-state index in [1.54, 1.807) is 12.1 Å². The summed E-state index contributed by atoms with van der Waals surface area (Å²) in [5.74, 6) is 1.06. The van der Waals surface area contributed by atoms with Crippen LogP contribution in [0.4, 0.5) is 13.2 Å². The second kappa shape index (κ2) is 10.8. The molecular formula is C19H27F3N4O2. The van der Waals surface area contributed by atoms with Gasteiger partial charge >= 0.3 is 6.18 Å². The summed E-state index contributed by atoms with van der Waals surface area (Å²) in [6.07, 6.45) is -1.92. The van der Waals surface area contributed by atoms with Crippen molar-refractivity contribution in [2.45, 2.75) is 38.9 Å². The number of benzene rings is 1. The molecule has 1 aromatic rings. The molecule has 1 amide bonds. The normalized spacial score (nSPS) is 15.1. The average molecular weight is 400 g/mol. The van der Waals surface area contributed by atoms with E-state index < -0.39 is 12.8 Å². The number of halogens is 3. The lowest BCUT2D eigenvalue weighted by Crippen LogP contribution is -2.39. The van der Waals surface area contributed by atoms with E-state index in [-0.39, 0.29) is 11.7 Å². The van der Waals surface area contributed by atoms with Crippen molar-refractivity contribution in [3.05, 3.63) is 29.8 Å². The van der Waals surface area contributed by atoms with Crippen molar-refractivity contribution in [1.82, 2.24) is 15.5 Å². The number of nitrogens with zero attached hydrogens (tertiary/aromatic N) is 2. The van der Waals surface area contributed by atoms with Gasteiger partial charge in [0.15, 0.2) is 12.6 Å². The molecule has 0 bridgehead atoms. The number of ether oxygens (including phenoxy) is 1. The summed E-state index contributed by atoms with van der Waals surface area (Å²) in [7, 11) is 0. The van der Waals surface area contributed by atoms with Gasteiger partial charge in [-0.05, 0) is 37.5 Å². The Bertz CT molecular complexity index is 648. The summed E-state index contributed by atoms with van der Waals surface area (Å²) >= 11 is 0. The lowest BCUT2D eigenvalue weighted by atomic mass is 10.2. The molecule has 0 saturated carbocycles. The van der Waals surface area contributed by atoms with Gasteiger partial charge in [-0.3, -0.25) is 4.79 Å². The van der Waals surface area contributed by atoms with Crippen molar-refractivity contribution in [3.8, 4) is 5.75 Å². The Morgan fingerprint density at radius 1 is 1.25 bits per heavy atom. The minimum absolute atomic E-state index is 0.173. The molecule has 28 heavy (non-hydrogen) atoms. The van der Waals surface area contributed by atoms with E-state index in [9.17, 15) is 18.0 Å². The highest BCUT2D eigenvalue weighted by molar-refractivity contribution is 5.79. The van der Waals surface area contributed by atoms with E-state index in [0.29, 0.717) is 32.0 Å². The number of guanidine groups is 1. The molecule has 0 aliphatic carbocycles. The van der Waals surface area contributed by atoms with Crippen LogP contribution in [0, 0.1) is 0 Å². The van der Waals surface area contributed by atoms with E-state index in [2.05, 4.69) is 15.6 Å². The number of nitrogens with one attached hydrogen (secondary N) is 2. The van der Waals surface area contributed by atoms with Crippen molar-refractivity contribution in [2.24, 2.45) is 4.99 Å². The number of rotatable bonds is 9. The van der Waals surface area contributed by atoms with E-state index in [1.807, 2.05) is 11.8 Å². The Morgan fingerprint density at radius 3 is 2.61 bits per heavy atom. The van der Waals surface area contributed by atoms with Gasteiger partial charge in [0.05, 0.1) is 6.54 Å². The van der Waals surface area contributed by atoms with Gasteiger partial charge in [0.1, 0.15) is 5.75 Å². The molecule has 1 saturated heterocycles. The van der Waals surface area contributed by atoms with Gasteiger partial charge in [0, 0.05) is 32.6 Å². The predicted octanol–water partition coefficient (Wildman–Crippen LogP) is 2.70. The molecule has 1 fully saturated rings. The maximum absolute atomic E-state index is 12.2. The molecule has 156 valence electrons. The van der Waals surface area contributed by atoms with Crippen LogP contribution in [-0.2, 0) is 11.3 Å². The molecule has 1 aromatic carbocycles. The van der Waals surface area contributed by atoms with Crippen molar-refractivity contribution in [3.63, 3.8) is 0 Å². The van der Waals surface area contributed by atoms with Gasteiger partial charge in [-0.15, -0.1) is 0 Å². The summed E-state index contributed by atoms with van der Waals surface area (Å²) < 4.78 is 41.2. The summed E-state index contributed by atoms with van der Waals surface area (Å²) in [6.45, 7) is 4.04. The fourth-order valence-electron chi connectivity index (χ4n) is 2.79. The van der Waals surface area contributed by atoms with E-state index in [4.69, 9.17) is 4.74 Å². The molecule has 2 rings (SSSR count). The van der Waals surface area contributed by atoms with Crippen LogP contribution in [-0.4, -0.2) is 55.7 Å². The number of hydrogen-bond donors (Lipinski definition) is 2. The SMILES string of the molecule is CCNC(=NCc1ccc(OCC(F)(F)F)cc1)NCCCN1CCCC1=O. The molecule has 0 atom stereocenters. The zero-order chi connectivity index (χ0) is 20.4. The molecule has 1 aliphatic rings. The molecule has 6 nitrogen and oxygen atoms in total. The molecule has 2 N–H and O–H groups in total. The first kappa shape index (κ1) is 21.8. The first-order valence-electron chi connectivity index (χ1n) is 9.46. The standard InChI is InChI=1S/C19H27F3N4O2/c1-2-23-18(24-10-4-12-26-11-3-5-17(26)27)25-13-15-6-8-16(9-7-15)28-14-19(20,21)22/h6-9H,2-5,10-14H2,1H3,(H2,23,24,25). The van der Waals surface area contributed by atoms with E-state index >= 15 is 0 Å². The highest BCUT2D eigenvalue weighted by Crippen LogP contribution is 2.19. The minimum Gasteiger partial charge on any atom is -0.484 e. The first-order valence-corrected chi connectivity index (χ1v) is 9.46. The van der Waals surface area contributed by atoms with Gasteiger partial charge in [0.2, 0.25) is 5.91 Å². The van der Waals surface area contributed by atoms with Crippen LogP contribution >= 0.6 is 0 Å². The first-order chi connectivity index (χ1) is 13.4. The Balaban J connectivity index is 1.76. The molecule has 9 heteroatoms. The molecule has 0 unspecified atom stereocenters. The van der Waals surface area contributed by atoms with Crippen molar-refractivity contribution in [2.75, 3.05) is 32.8 Å². The van der Waals surface area contributed by atoms with Gasteiger partial charge in [-0.1, -0.05) is 12.1 Å². The van der Waals surface area contributed by atoms with Crippen LogP contribution in [0.2, 0.25) is 0 Å².